The molecule has 1 heteroatoms. The van der Waals surface area contributed by atoms with E-state index in [1.165, 1.54) is 42.4 Å². The van der Waals surface area contributed by atoms with Crippen LogP contribution in [0.15, 0.2) is 54.6 Å². The molecule has 0 aliphatic heterocycles. The first-order valence-corrected chi connectivity index (χ1v) is 8.19. The molecule has 2 unspecified atom stereocenters. The van der Waals surface area contributed by atoms with Crippen LogP contribution in [0.1, 0.15) is 48.3 Å². The third-order valence-corrected chi connectivity index (χ3v) is 5.23. The van der Waals surface area contributed by atoms with Crippen molar-refractivity contribution in [3.63, 3.8) is 0 Å². The molecule has 2 aliphatic rings. The average Bonchev–Trinajstić information content (AvgIpc) is 2.92. The lowest BCUT2D eigenvalue weighted by molar-refractivity contribution is 0.385. The molecule has 1 saturated carbocycles. The number of hydrogen-bond donors (Lipinski definition) is 0. The van der Waals surface area contributed by atoms with Crippen molar-refractivity contribution >= 4 is 11.1 Å². The molecule has 2 aliphatic carbocycles. The normalized spacial score (nSPS) is 25.0. The molecule has 0 spiro atoms. The third-order valence-electron chi connectivity index (χ3n) is 5.23. The fourth-order valence-electron chi connectivity index (χ4n) is 4.32. The average molecular weight is 285 g/mol. The smallest absolute Gasteiger partial charge is 0.100 e. The van der Waals surface area contributed by atoms with Crippen molar-refractivity contribution in [3.8, 4) is 6.07 Å². The molecule has 0 bridgehead atoms. The highest BCUT2D eigenvalue weighted by atomic mass is 14.4. The Morgan fingerprint density at radius 3 is 2.32 bits per heavy atom. The fourth-order valence-corrected chi connectivity index (χ4v) is 4.32. The third kappa shape index (κ3) is 1.99. The quantitative estimate of drug-likeness (QED) is 0.643. The van der Waals surface area contributed by atoms with Crippen LogP contribution in [0.3, 0.4) is 0 Å². The van der Waals surface area contributed by atoms with Gasteiger partial charge >= 0.3 is 0 Å². The van der Waals surface area contributed by atoms with Crippen molar-refractivity contribution < 1.29 is 0 Å². The van der Waals surface area contributed by atoms with E-state index in [9.17, 15) is 5.26 Å². The number of nitrogens with zero attached hydrogens (tertiary/aromatic N) is 1. The largest absolute Gasteiger partial charge is 0.192 e. The maximum absolute atomic E-state index is 9.85. The van der Waals surface area contributed by atoms with E-state index in [-0.39, 0.29) is 0 Å². The zero-order chi connectivity index (χ0) is 14.9. The van der Waals surface area contributed by atoms with Crippen LogP contribution in [0.2, 0.25) is 0 Å². The van der Waals surface area contributed by atoms with Crippen LogP contribution < -0.4 is 0 Å². The molecule has 0 aromatic heterocycles. The van der Waals surface area contributed by atoms with Gasteiger partial charge in [-0.15, -0.1) is 0 Å². The zero-order valence-corrected chi connectivity index (χ0v) is 12.6. The molecule has 108 valence electrons. The highest BCUT2D eigenvalue weighted by Crippen LogP contribution is 2.54. The monoisotopic (exact) mass is 285 g/mol. The predicted octanol–water partition coefficient (Wildman–Crippen LogP) is 5.41. The lowest BCUT2D eigenvalue weighted by Gasteiger charge is -2.27. The minimum Gasteiger partial charge on any atom is -0.192 e. The van der Waals surface area contributed by atoms with Gasteiger partial charge in [-0.25, -0.2) is 0 Å². The lowest BCUT2D eigenvalue weighted by Crippen LogP contribution is -2.13. The fraction of sp³-hybridized carbons (Fsp3) is 0.286. The van der Waals surface area contributed by atoms with Gasteiger partial charge in [-0.05, 0) is 46.9 Å². The molecule has 0 N–H and O–H groups in total. The molecule has 4 rings (SSSR count). The molecular formula is C21H19N. The molecule has 2 aromatic carbocycles. The van der Waals surface area contributed by atoms with Crippen LogP contribution in [-0.4, -0.2) is 0 Å². The van der Waals surface area contributed by atoms with E-state index in [0.29, 0.717) is 11.8 Å². The van der Waals surface area contributed by atoms with Gasteiger partial charge in [0.1, 0.15) is 6.07 Å². The van der Waals surface area contributed by atoms with Crippen molar-refractivity contribution in [1.29, 1.82) is 5.26 Å². The van der Waals surface area contributed by atoms with Crippen molar-refractivity contribution in [1.82, 2.24) is 0 Å². The first-order valence-electron chi connectivity index (χ1n) is 8.19. The Balaban J connectivity index is 1.96. The van der Waals surface area contributed by atoms with Crippen molar-refractivity contribution in [2.75, 3.05) is 0 Å². The second-order valence-corrected chi connectivity index (χ2v) is 6.35. The molecule has 0 amide bonds. The molecular weight excluding hydrogens is 266 g/mol. The summed E-state index contributed by atoms with van der Waals surface area (Å²) in [7, 11) is 0. The molecule has 22 heavy (non-hydrogen) atoms. The van der Waals surface area contributed by atoms with Gasteiger partial charge in [-0.1, -0.05) is 67.4 Å². The van der Waals surface area contributed by atoms with Gasteiger partial charge in [-0.3, -0.25) is 0 Å². The summed E-state index contributed by atoms with van der Waals surface area (Å²) in [6.07, 6.45) is 5.08. The molecule has 1 nitrogen and oxygen atoms in total. The molecule has 0 radical (unpaired) electrons. The SMILES string of the molecule is N#CC(=C1c2ccccc2C2CCCCC12)c1ccccc1. The number of fused-ring (bicyclic) bond motifs is 3. The van der Waals surface area contributed by atoms with E-state index in [1.807, 2.05) is 18.2 Å². The Bertz CT molecular complexity index is 764. The summed E-state index contributed by atoms with van der Waals surface area (Å²) in [6, 6.07) is 21.4. The number of hydrogen-bond acceptors (Lipinski definition) is 1. The van der Waals surface area contributed by atoms with Gasteiger partial charge < -0.3 is 0 Å². The van der Waals surface area contributed by atoms with Gasteiger partial charge in [-0.2, -0.15) is 5.26 Å². The zero-order valence-electron chi connectivity index (χ0n) is 12.6. The Kier molecular flexibility index (Phi) is 3.31. The van der Waals surface area contributed by atoms with Crippen LogP contribution in [-0.2, 0) is 0 Å². The minimum atomic E-state index is 0.529. The van der Waals surface area contributed by atoms with E-state index in [4.69, 9.17) is 0 Å². The Labute approximate surface area is 131 Å². The topological polar surface area (TPSA) is 23.8 Å². The minimum absolute atomic E-state index is 0.529. The van der Waals surface area contributed by atoms with Crippen molar-refractivity contribution in [3.05, 3.63) is 71.3 Å². The van der Waals surface area contributed by atoms with Gasteiger partial charge in [0.2, 0.25) is 0 Å². The summed E-state index contributed by atoms with van der Waals surface area (Å²) >= 11 is 0. The van der Waals surface area contributed by atoms with E-state index < -0.39 is 0 Å². The summed E-state index contributed by atoms with van der Waals surface area (Å²) in [5.74, 6) is 1.15. The molecule has 2 aromatic rings. The number of nitriles is 1. The highest BCUT2D eigenvalue weighted by Gasteiger charge is 2.39. The van der Waals surface area contributed by atoms with Crippen molar-refractivity contribution in [2.24, 2.45) is 5.92 Å². The number of rotatable bonds is 1. The van der Waals surface area contributed by atoms with Crippen LogP contribution in [0.5, 0.6) is 0 Å². The van der Waals surface area contributed by atoms with E-state index in [1.54, 1.807) is 0 Å². The predicted molar refractivity (Wildman–Crippen MR) is 90.0 cm³/mol. The molecule has 2 atom stereocenters. The first kappa shape index (κ1) is 13.3. The molecule has 0 saturated heterocycles. The first-order chi connectivity index (χ1) is 10.9. The van der Waals surface area contributed by atoms with Gasteiger partial charge in [0.05, 0.1) is 5.57 Å². The second-order valence-electron chi connectivity index (χ2n) is 6.35. The van der Waals surface area contributed by atoms with Crippen molar-refractivity contribution in [2.45, 2.75) is 31.6 Å². The van der Waals surface area contributed by atoms with Gasteiger partial charge in [0.25, 0.3) is 0 Å². The summed E-state index contributed by atoms with van der Waals surface area (Å²) in [5.41, 5.74) is 6.02. The Morgan fingerprint density at radius 2 is 1.55 bits per heavy atom. The lowest BCUT2D eigenvalue weighted by atomic mass is 9.77. The van der Waals surface area contributed by atoms with E-state index in [2.05, 4.69) is 42.5 Å². The second kappa shape index (κ2) is 5.46. The Morgan fingerprint density at radius 1 is 0.864 bits per heavy atom. The summed E-state index contributed by atoms with van der Waals surface area (Å²) in [6.45, 7) is 0. The summed E-state index contributed by atoms with van der Waals surface area (Å²) in [4.78, 5) is 0. The number of allylic oxidation sites excluding steroid dienone is 2. The molecule has 0 heterocycles. The maximum Gasteiger partial charge on any atom is 0.100 e. The van der Waals surface area contributed by atoms with Crippen LogP contribution in [0.4, 0.5) is 0 Å². The van der Waals surface area contributed by atoms with Gasteiger partial charge in [0.15, 0.2) is 0 Å². The van der Waals surface area contributed by atoms with Crippen LogP contribution in [0, 0.1) is 17.2 Å². The van der Waals surface area contributed by atoms with E-state index in [0.717, 1.165) is 11.1 Å². The maximum atomic E-state index is 9.85. The van der Waals surface area contributed by atoms with Crippen LogP contribution >= 0.6 is 0 Å². The van der Waals surface area contributed by atoms with Gasteiger partial charge in [0, 0.05) is 0 Å². The van der Waals surface area contributed by atoms with Crippen LogP contribution in [0.25, 0.3) is 11.1 Å². The van der Waals surface area contributed by atoms with E-state index >= 15 is 0 Å². The standard InChI is InChI=1S/C21H19N/c22-14-20(15-8-2-1-3-9-15)21-18-12-6-4-10-16(18)17-11-5-7-13-19(17)21/h1-4,6,8-10,12,17,19H,5,7,11,13H2. The Hall–Kier alpha value is -2.33. The molecule has 1 fully saturated rings. The summed E-state index contributed by atoms with van der Waals surface area (Å²) in [5, 5.41) is 9.85. The summed E-state index contributed by atoms with van der Waals surface area (Å²) < 4.78 is 0. The number of benzene rings is 2. The highest BCUT2D eigenvalue weighted by molar-refractivity contribution is 6.00.